The fraction of sp³-hybridized carbons (Fsp3) is 0.273. The van der Waals surface area contributed by atoms with E-state index < -0.39 is 58.1 Å². The summed E-state index contributed by atoms with van der Waals surface area (Å²) in [5.41, 5.74) is -2.52. The Bertz CT molecular complexity index is 1370. The number of fused-ring (bicyclic) bond motifs is 1. The van der Waals surface area contributed by atoms with Gasteiger partial charge in [0.2, 0.25) is 27.8 Å². The van der Waals surface area contributed by atoms with Crippen molar-refractivity contribution in [3.8, 4) is 0 Å². The molecule has 2 aliphatic rings. The summed E-state index contributed by atoms with van der Waals surface area (Å²) in [4.78, 5) is 51.7. The van der Waals surface area contributed by atoms with Crippen LogP contribution in [-0.2, 0) is 32.2 Å². The van der Waals surface area contributed by atoms with Crippen LogP contribution in [0.5, 0.6) is 0 Å². The number of rotatable bonds is 5. The fourth-order valence-electron chi connectivity index (χ4n) is 4.36. The maximum absolute atomic E-state index is 14.9. The van der Waals surface area contributed by atoms with Gasteiger partial charge in [-0.1, -0.05) is 35.9 Å². The summed E-state index contributed by atoms with van der Waals surface area (Å²) in [5, 5.41) is -2.28. The molecule has 2 atom stereocenters. The van der Waals surface area contributed by atoms with Crippen molar-refractivity contribution in [3.05, 3.63) is 69.7 Å². The van der Waals surface area contributed by atoms with E-state index in [1.807, 2.05) is 0 Å². The minimum Gasteiger partial charge on any atom is -0.398 e. The number of nitrogens with zero attached hydrogens (tertiary/aromatic N) is 3. The predicted octanol–water partition coefficient (Wildman–Crippen LogP) is 0.111. The number of carbonyl (C=O) groups excluding carboxylic acids is 4. The van der Waals surface area contributed by atoms with E-state index in [2.05, 4.69) is 0 Å². The second-order valence-corrected chi connectivity index (χ2v) is 9.53. The molecule has 1 saturated heterocycles. The van der Waals surface area contributed by atoms with Crippen molar-refractivity contribution in [1.29, 1.82) is 0 Å². The highest BCUT2D eigenvalue weighted by Crippen LogP contribution is 2.39. The molecular weight excluding hydrogens is 509 g/mol. The van der Waals surface area contributed by atoms with Gasteiger partial charge in [-0.25, -0.2) is 0 Å². The second kappa shape index (κ2) is 9.36. The van der Waals surface area contributed by atoms with Crippen molar-refractivity contribution in [2.75, 3.05) is 0 Å². The number of halogens is 3. The molecule has 12 radical (unpaired) electrons. The molecule has 0 saturated carbocycles. The van der Waals surface area contributed by atoms with Gasteiger partial charge in [-0.15, -0.1) is 0 Å². The molecule has 0 N–H and O–H groups in total. The Balaban J connectivity index is 1.62. The molecule has 4 amide bonds. The minimum atomic E-state index is -4.11. The quantitative estimate of drug-likeness (QED) is 0.414. The first-order valence-corrected chi connectivity index (χ1v) is 11.3. The van der Waals surface area contributed by atoms with Crippen LogP contribution >= 0.6 is 11.6 Å². The maximum atomic E-state index is 14.9. The van der Waals surface area contributed by atoms with Gasteiger partial charge < -0.3 is 14.5 Å². The predicted molar refractivity (Wildman–Crippen MR) is 138 cm³/mol. The van der Waals surface area contributed by atoms with Crippen LogP contribution in [-0.4, -0.2) is 90.9 Å². The number of hydrogen-bond donors (Lipinski definition) is 0. The lowest BCUT2D eigenvalue weighted by Gasteiger charge is -2.46. The molecule has 0 aromatic heterocycles. The summed E-state index contributed by atoms with van der Waals surface area (Å²) in [5.74, 6) is -9.84. The van der Waals surface area contributed by atoms with E-state index in [1.54, 1.807) is 0 Å². The molecular formula is C22H12B6ClF2N3O4. The molecule has 1 fully saturated rings. The zero-order valence-corrected chi connectivity index (χ0v) is 20.4. The highest BCUT2D eigenvalue weighted by atomic mass is 35.5. The summed E-state index contributed by atoms with van der Waals surface area (Å²) in [7, 11) is 35.3. The van der Waals surface area contributed by atoms with Gasteiger partial charge in [0.05, 0.1) is 29.0 Å². The van der Waals surface area contributed by atoms with Crippen molar-refractivity contribution in [2.24, 2.45) is 0 Å². The van der Waals surface area contributed by atoms with E-state index in [0.29, 0.717) is 0 Å². The van der Waals surface area contributed by atoms with Crippen LogP contribution in [0.1, 0.15) is 33.5 Å². The standard InChI is InChI=1S/C22H12B6ClF2N3O4/c23-15-8-20(24,18(37)33(27)17(15)36)32-9-10-7-12(3-6-14(10)16(32)35)22(25,26)34(28)19(38)21(30,31)11-1-4-13(29)5-2-11/h1-7,15H,8-9H2/t15?,20-/m1/s1. The van der Waals surface area contributed by atoms with E-state index >= 15 is 0 Å². The van der Waals surface area contributed by atoms with Gasteiger partial charge in [-0.2, -0.15) is 8.78 Å². The highest BCUT2D eigenvalue weighted by Gasteiger charge is 2.52. The van der Waals surface area contributed by atoms with E-state index in [1.165, 1.54) is 30.3 Å². The van der Waals surface area contributed by atoms with Crippen molar-refractivity contribution in [2.45, 2.75) is 35.5 Å². The molecule has 38 heavy (non-hydrogen) atoms. The van der Waals surface area contributed by atoms with E-state index in [0.717, 1.165) is 17.0 Å². The van der Waals surface area contributed by atoms with Crippen LogP contribution in [0.3, 0.4) is 0 Å². The first-order chi connectivity index (χ1) is 17.5. The maximum Gasteiger partial charge on any atom is 0.348 e. The first kappa shape index (κ1) is 28.1. The molecule has 2 heterocycles. The topological polar surface area (TPSA) is 78.0 Å². The Morgan fingerprint density at radius 3 is 2.26 bits per heavy atom. The Hall–Kier alpha value is -2.94. The summed E-state index contributed by atoms with van der Waals surface area (Å²) >= 11 is 5.72. The third-order valence-electron chi connectivity index (χ3n) is 6.62. The van der Waals surface area contributed by atoms with Gasteiger partial charge in [-0.3, -0.25) is 19.2 Å². The van der Waals surface area contributed by atoms with Crippen molar-refractivity contribution in [3.63, 3.8) is 0 Å². The minimum absolute atomic E-state index is 0.0100. The molecule has 0 aliphatic carbocycles. The third-order valence-corrected chi connectivity index (χ3v) is 6.87. The van der Waals surface area contributed by atoms with Crippen LogP contribution in [0.25, 0.3) is 0 Å². The van der Waals surface area contributed by atoms with Crippen LogP contribution < -0.4 is 0 Å². The van der Waals surface area contributed by atoms with E-state index in [9.17, 15) is 28.0 Å². The van der Waals surface area contributed by atoms with Crippen LogP contribution in [0.15, 0.2) is 42.5 Å². The Labute approximate surface area is 230 Å². The van der Waals surface area contributed by atoms with Gasteiger partial charge in [0, 0.05) is 28.5 Å². The lowest BCUT2D eigenvalue weighted by molar-refractivity contribution is -0.155. The molecule has 0 spiro atoms. The fourth-order valence-corrected chi connectivity index (χ4v) is 4.48. The van der Waals surface area contributed by atoms with Gasteiger partial charge >= 0.3 is 5.92 Å². The molecule has 178 valence electrons. The number of benzene rings is 2. The van der Waals surface area contributed by atoms with E-state index in [4.69, 9.17) is 58.9 Å². The lowest BCUT2D eigenvalue weighted by Crippen LogP contribution is -2.65. The average Bonchev–Trinajstić information content (AvgIpc) is 3.22. The number of amides is 4. The molecule has 2 aromatic carbocycles. The van der Waals surface area contributed by atoms with Gasteiger partial charge in [0.25, 0.3) is 11.8 Å². The lowest BCUT2D eigenvalue weighted by atomic mass is 9.55. The first-order valence-electron chi connectivity index (χ1n) is 11.0. The zero-order chi connectivity index (χ0) is 28.4. The number of alkyl halides is 2. The Morgan fingerprint density at radius 2 is 1.66 bits per heavy atom. The number of carbonyl (C=O) groups is 4. The van der Waals surface area contributed by atoms with Crippen LogP contribution in [0.2, 0.25) is 10.8 Å². The second-order valence-electron chi connectivity index (χ2n) is 9.09. The van der Waals surface area contributed by atoms with E-state index in [-0.39, 0.29) is 37.9 Å². The Kier molecular flexibility index (Phi) is 6.92. The zero-order valence-electron chi connectivity index (χ0n) is 19.6. The SMILES string of the molecule is [B]C1C[C@@]([B])(N2Cc3cc(C([B])([B])N([B])C(=O)C(F)(F)c4ccc(Cl)cc4)ccc3C2=O)C(=O)N([B])C1=O. The summed E-state index contributed by atoms with van der Waals surface area (Å²) in [6.45, 7) is -0.269. The molecule has 2 aliphatic heterocycles. The number of piperidine rings is 1. The van der Waals surface area contributed by atoms with Crippen LogP contribution in [0, 0.1) is 0 Å². The summed E-state index contributed by atoms with van der Waals surface area (Å²) < 4.78 is 29.8. The molecule has 4 rings (SSSR count). The average molecular weight is 521 g/mol. The highest BCUT2D eigenvalue weighted by molar-refractivity contribution is 6.44. The van der Waals surface area contributed by atoms with Crippen LogP contribution in [0.4, 0.5) is 8.78 Å². The van der Waals surface area contributed by atoms with Gasteiger partial charge in [0.15, 0.2) is 0 Å². The largest absolute Gasteiger partial charge is 0.398 e. The smallest absolute Gasteiger partial charge is 0.348 e. The summed E-state index contributed by atoms with van der Waals surface area (Å²) in [6, 6.07) is 8.00. The van der Waals surface area contributed by atoms with Gasteiger partial charge in [0.1, 0.15) is 7.85 Å². The third kappa shape index (κ3) is 4.28. The monoisotopic (exact) mass is 521 g/mol. The molecule has 16 heteroatoms. The number of imide groups is 1. The Morgan fingerprint density at radius 1 is 1.08 bits per heavy atom. The molecule has 7 nitrogen and oxygen atoms in total. The van der Waals surface area contributed by atoms with Gasteiger partial charge in [-0.05, 0) is 41.1 Å². The molecule has 0 bridgehead atoms. The number of hydrogen-bond acceptors (Lipinski definition) is 4. The molecule has 2 aromatic rings. The normalized spacial score (nSPS) is 22.0. The summed E-state index contributed by atoms with van der Waals surface area (Å²) in [6.07, 6.45) is -0.395. The van der Waals surface area contributed by atoms with Crippen molar-refractivity contribution in [1.82, 2.24) is 14.5 Å². The van der Waals surface area contributed by atoms with Crippen molar-refractivity contribution >= 4 is 82.6 Å². The molecule has 1 unspecified atom stereocenters. The van der Waals surface area contributed by atoms with Crippen molar-refractivity contribution < 1.29 is 28.0 Å².